The minimum Gasteiger partial charge on any atom is -0.497 e. The summed E-state index contributed by atoms with van der Waals surface area (Å²) in [4.78, 5) is 11.7. The van der Waals surface area contributed by atoms with E-state index in [2.05, 4.69) is 5.32 Å². The summed E-state index contributed by atoms with van der Waals surface area (Å²) in [6.07, 6.45) is 0. The first kappa shape index (κ1) is 14.7. The Hall–Kier alpha value is -0.350. The Morgan fingerprint density at radius 3 is 2.24 bits per heavy atom. The van der Waals surface area contributed by atoms with Gasteiger partial charge in [-0.2, -0.15) is 0 Å². The highest BCUT2D eigenvalue weighted by atomic mass is 35.6. The van der Waals surface area contributed by atoms with Gasteiger partial charge in [0.2, 0.25) is 3.79 Å². The van der Waals surface area contributed by atoms with Gasteiger partial charge in [-0.25, -0.2) is 0 Å². The minimum atomic E-state index is -1.76. The zero-order valence-corrected chi connectivity index (χ0v) is 11.7. The van der Waals surface area contributed by atoms with E-state index in [4.69, 9.17) is 51.1 Å². The molecule has 0 saturated carbocycles. The Morgan fingerprint density at radius 1 is 1.29 bits per heavy atom. The van der Waals surface area contributed by atoms with Crippen molar-refractivity contribution in [2.75, 3.05) is 7.11 Å². The van der Waals surface area contributed by atoms with E-state index in [0.29, 0.717) is 11.3 Å². The predicted molar refractivity (Wildman–Crippen MR) is 70.4 cm³/mol. The van der Waals surface area contributed by atoms with Crippen LogP contribution in [0.5, 0.6) is 5.75 Å². The number of carbonyl (C=O) groups is 1. The number of benzene rings is 1. The second-order valence-electron chi connectivity index (χ2n) is 3.11. The molecule has 3 nitrogen and oxygen atoms in total. The topological polar surface area (TPSA) is 38.3 Å². The number of rotatable bonds is 3. The number of nitrogens with one attached hydrogen (secondary N) is 1. The SMILES string of the molecule is COc1ccc(C(=O)N[C@H](Cl)C(Cl)(Cl)Cl)cc1. The van der Waals surface area contributed by atoms with Crippen molar-refractivity contribution >= 4 is 52.3 Å². The molecular weight excluding hydrogens is 308 g/mol. The standard InChI is InChI=1S/C10H9Cl4NO2/c1-17-7-4-2-6(3-5-7)8(16)15-9(11)10(12,13)14/h2-5,9H,1H3,(H,15,16)/t9-/m0/s1. The number of halogens is 4. The molecule has 0 aromatic heterocycles. The van der Waals surface area contributed by atoms with Gasteiger partial charge in [-0.1, -0.05) is 46.4 Å². The average molecular weight is 317 g/mol. The number of methoxy groups -OCH3 is 1. The molecule has 0 spiro atoms. The van der Waals surface area contributed by atoms with E-state index in [1.54, 1.807) is 24.3 Å². The molecule has 1 atom stereocenters. The van der Waals surface area contributed by atoms with Crippen LogP contribution < -0.4 is 10.1 Å². The third kappa shape index (κ3) is 4.43. The lowest BCUT2D eigenvalue weighted by atomic mass is 10.2. The number of alkyl halides is 4. The lowest BCUT2D eigenvalue weighted by Crippen LogP contribution is -2.39. The molecule has 1 aromatic carbocycles. The number of carbonyl (C=O) groups excluding carboxylic acids is 1. The summed E-state index contributed by atoms with van der Waals surface area (Å²) in [7, 11) is 1.53. The molecule has 0 saturated heterocycles. The van der Waals surface area contributed by atoms with Gasteiger partial charge in [0.25, 0.3) is 5.91 Å². The van der Waals surface area contributed by atoms with Gasteiger partial charge in [-0.15, -0.1) is 0 Å². The quantitative estimate of drug-likeness (QED) is 0.686. The molecule has 0 bridgehead atoms. The number of amides is 1. The Balaban J connectivity index is 2.70. The monoisotopic (exact) mass is 315 g/mol. The second-order valence-corrected chi connectivity index (χ2v) is 5.91. The third-order valence-electron chi connectivity index (χ3n) is 1.90. The lowest BCUT2D eigenvalue weighted by Gasteiger charge is -2.19. The highest BCUT2D eigenvalue weighted by molar-refractivity contribution is 6.70. The van der Waals surface area contributed by atoms with Crippen LogP contribution in [0.1, 0.15) is 10.4 Å². The van der Waals surface area contributed by atoms with Crippen LogP contribution in [0.15, 0.2) is 24.3 Å². The first-order valence-corrected chi connectivity index (χ1v) is 6.07. The molecule has 0 aliphatic rings. The third-order valence-corrected chi connectivity index (χ3v) is 3.32. The van der Waals surface area contributed by atoms with Crippen molar-refractivity contribution in [1.82, 2.24) is 5.32 Å². The average Bonchev–Trinajstić information content (AvgIpc) is 2.27. The molecule has 1 aromatic rings. The van der Waals surface area contributed by atoms with Crippen LogP contribution in [0, 0.1) is 0 Å². The fourth-order valence-electron chi connectivity index (χ4n) is 1.02. The van der Waals surface area contributed by atoms with E-state index in [1.807, 2.05) is 0 Å². The molecule has 17 heavy (non-hydrogen) atoms. The van der Waals surface area contributed by atoms with Crippen molar-refractivity contribution < 1.29 is 9.53 Å². The number of hydrogen-bond donors (Lipinski definition) is 1. The van der Waals surface area contributed by atoms with Gasteiger partial charge in [0.05, 0.1) is 7.11 Å². The van der Waals surface area contributed by atoms with Gasteiger partial charge in [0.15, 0.2) is 5.50 Å². The molecule has 1 amide bonds. The van der Waals surface area contributed by atoms with Crippen molar-refractivity contribution in [2.24, 2.45) is 0 Å². The van der Waals surface area contributed by atoms with E-state index in [0.717, 1.165) is 0 Å². The molecule has 0 heterocycles. The number of hydrogen-bond acceptors (Lipinski definition) is 2. The van der Waals surface area contributed by atoms with Crippen molar-refractivity contribution in [3.8, 4) is 5.75 Å². The smallest absolute Gasteiger partial charge is 0.252 e. The van der Waals surface area contributed by atoms with Gasteiger partial charge >= 0.3 is 0 Å². The van der Waals surface area contributed by atoms with Gasteiger partial charge in [0.1, 0.15) is 5.75 Å². The molecule has 0 unspecified atom stereocenters. The molecule has 0 aliphatic heterocycles. The Labute approximate surface area is 119 Å². The number of ether oxygens (including phenoxy) is 1. The summed E-state index contributed by atoms with van der Waals surface area (Å²) < 4.78 is 3.20. The molecule has 0 fully saturated rings. The van der Waals surface area contributed by atoms with E-state index in [1.165, 1.54) is 7.11 Å². The van der Waals surface area contributed by atoms with E-state index in [-0.39, 0.29) is 0 Å². The van der Waals surface area contributed by atoms with E-state index in [9.17, 15) is 4.79 Å². The molecule has 1 N–H and O–H groups in total. The van der Waals surface area contributed by atoms with Crippen molar-refractivity contribution in [3.05, 3.63) is 29.8 Å². The summed E-state index contributed by atoms with van der Waals surface area (Å²) in [5.41, 5.74) is -0.715. The summed E-state index contributed by atoms with van der Waals surface area (Å²) in [5, 5.41) is 2.36. The molecule has 94 valence electrons. The van der Waals surface area contributed by atoms with Crippen LogP contribution >= 0.6 is 46.4 Å². The van der Waals surface area contributed by atoms with Gasteiger partial charge in [0, 0.05) is 5.56 Å². The highest BCUT2D eigenvalue weighted by Crippen LogP contribution is 2.32. The van der Waals surface area contributed by atoms with Crippen molar-refractivity contribution in [3.63, 3.8) is 0 Å². The molecule has 0 radical (unpaired) electrons. The Morgan fingerprint density at radius 2 is 1.82 bits per heavy atom. The lowest BCUT2D eigenvalue weighted by molar-refractivity contribution is 0.0949. The van der Waals surface area contributed by atoms with Gasteiger partial charge < -0.3 is 10.1 Å². The minimum absolute atomic E-state index is 0.394. The van der Waals surface area contributed by atoms with E-state index >= 15 is 0 Å². The van der Waals surface area contributed by atoms with Gasteiger partial charge in [-0.05, 0) is 24.3 Å². The molecule has 7 heteroatoms. The maximum atomic E-state index is 11.7. The van der Waals surface area contributed by atoms with Crippen LogP contribution in [0.4, 0.5) is 0 Å². The largest absolute Gasteiger partial charge is 0.497 e. The Bertz CT molecular complexity index is 388. The molecule has 1 rings (SSSR count). The zero-order chi connectivity index (χ0) is 13.1. The first-order valence-electron chi connectivity index (χ1n) is 4.50. The summed E-state index contributed by atoms with van der Waals surface area (Å²) >= 11 is 22.3. The van der Waals surface area contributed by atoms with Crippen LogP contribution in [0.3, 0.4) is 0 Å². The van der Waals surface area contributed by atoms with Crippen LogP contribution in [-0.4, -0.2) is 22.3 Å². The maximum Gasteiger partial charge on any atom is 0.252 e. The zero-order valence-electron chi connectivity index (χ0n) is 8.72. The fraction of sp³-hybridized carbons (Fsp3) is 0.300. The maximum absolute atomic E-state index is 11.7. The summed E-state index contributed by atoms with van der Waals surface area (Å²) in [5.74, 6) is 0.212. The van der Waals surface area contributed by atoms with E-state index < -0.39 is 15.2 Å². The molecular formula is C10H9Cl4NO2. The highest BCUT2D eigenvalue weighted by Gasteiger charge is 2.32. The fourth-order valence-corrected chi connectivity index (χ4v) is 1.29. The molecule has 0 aliphatic carbocycles. The van der Waals surface area contributed by atoms with Crippen LogP contribution in [0.25, 0.3) is 0 Å². The second kappa shape index (κ2) is 6.01. The summed E-state index contributed by atoms with van der Waals surface area (Å²) in [6, 6.07) is 6.45. The van der Waals surface area contributed by atoms with Crippen molar-refractivity contribution in [2.45, 2.75) is 9.29 Å². The van der Waals surface area contributed by atoms with Crippen molar-refractivity contribution in [1.29, 1.82) is 0 Å². The van der Waals surface area contributed by atoms with Crippen LogP contribution in [-0.2, 0) is 0 Å². The predicted octanol–water partition coefficient (Wildman–Crippen LogP) is 3.36. The Kier molecular flexibility index (Phi) is 5.20. The normalized spacial score (nSPS) is 13.0. The van der Waals surface area contributed by atoms with Crippen LogP contribution in [0.2, 0.25) is 0 Å². The van der Waals surface area contributed by atoms with Gasteiger partial charge in [-0.3, -0.25) is 4.79 Å². The first-order chi connectivity index (χ1) is 7.84. The summed E-state index contributed by atoms with van der Waals surface area (Å²) in [6.45, 7) is 0.